The van der Waals surface area contributed by atoms with Crippen LogP contribution in [0.3, 0.4) is 0 Å². The Kier molecular flexibility index (Phi) is 7.98. The van der Waals surface area contributed by atoms with Gasteiger partial charge in [0.2, 0.25) is 0 Å². The molecule has 0 aliphatic carbocycles. The molecule has 0 unspecified atom stereocenters. The van der Waals surface area contributed by atoms with Crippen molar-refractivity contribution in [3.63, 3.8) is 0 Å². The Morgan fingerprint density at radius 2 is 1.77 bits per heavy atom. The molecule has 0 aliphatic heterocycles. The van der Waals surface area contributed by atoms with E-state index in [1.165, 1.54) is 0 Å². The predicted molar refractivity (Wildman–Crippen MR) is 56.7 cm³/mol. The monoisotopic (exact) mass is 188 g/mol. The number of hydrogen-bond acceptors (Lipinski definition) is 2. The molecule has 0 radical (unpaired) electrons. The Morgan fingerprint density at radius 1 is 1.23 bits per heavy atom. The Morgan fingerprint density at radius 3 is 2.15 bits per heavy atom. The van der Waals surface area contributed by atoms with E-state index in [2.05, 4.69) is 6.92 Å². The quantitative estimate of drug-likeness (QED) is 0.498. The third-order valence-electron chi connectivity index (χ3n) is 1.40. The highest BCUT2D eigenvalue weighted by molar-refractivity contribution is 5.69. The summed E-state index contributed by atoms with van der Waals surface area (Å²) in [5.41, 5.74) is -0.330. The number of carbonyl (C=O) groups excluding carboxylic acids is 1. The van der Waals surface area contributed by atoms with Crippen molar-refractivity contribution >= 4 is 5.97 Å². The highest BCUT2D eigenvalue weighted by Gasteiger charge is 2.15. The van der Waals surface area contributed by atoms with Crippen molar-refractivity contribution in [3.8, 4) is 0 Å². The van der Waals surface area contributed by atoms with Crippen molar-refractivity contribution in [1.29, 1.82) is 0 Å². The lowest BCUT2D eigenvalue weighted by atomic mass is 10.2. The van der Waals surface area contributed by atoms with Crippen LogP contribution in [0.5, 0.6) is 0 Å². The first kappa shape index (κ1) is 15.0. The van der Waals surface area contributed by atoms with Gasteiger partial charge in [0, 0.05) is 6.42 Å². The third-order valence-corrected chi connectivity index (χ3v) is 1.40. The zero-order valence-electron chi connectivity index (χ0n) is 8.64. The van der Waals surface area contributed by atoms with Gasteiger partial charge in [-0.25, -0.2) is 0 Å². The lowest BCUT2D eigenvalue weighted by Crippen LogP contribution is -2.23. The molecule has 0 aromatic carbocycles. The van der Waals surface area contributed by atoms with Crippen LogP contribution in [0.15, 0.2) is 0 Å². The molecule has 0 amide bonds. The highest BCUT2D eigenvalue weighted by atomic mass is 16.6. The molecule has 0 fully saturated rings. The number of esters is 1. The number of rotatable bonds is 4. The Labute approximate surface area is 82.7 Å². The summed E-state index contributed by atoms with van der Waals surface area (Å²) in [5.74, 6) is -0.0732. The van der Waals surface area contributed by atoms with E-state index in [9.17, 15) is 4.79 Å². The maximum atomic E-state index is 11.1. The van der Waals surface area contributed by atoms with Gasteiger partial charge in [0.1, 0.15) is 5.60 Å². The number of hydrogen-bond donors (Lipinski definition) is 0. The summed E-state index contributed by atoms with van der Waals surface area (Å²) in [7, 11) is 0. The second-order valence-electron chi connectivity index (χ2n) is 4.04. The summed E-state index contributed by atoms with van der Waals surface area (Å²) in [4.78, 5) is 11.1. The van der Waals surface area contributed by atoms with E-state index in [4.69, 9.17) is 4.74 Å². The Bertz CT molecular complexity index is 134. The molecule has 13 heavy (non-hydrogen) atoms. The fourth-order valence-electron chi connectivity index (χ4n) is 0.912. The summed E-state index contributed by atoms with van der Waals surface area (Å²) in [6, 6.07) is 0. The van der Waals surface area contributed by atoms with Crippen LogP contribution in [-0.2, 0) is 9.53 Å². The van der Waals surface area contributed by atoms with Crippen molar-refractivity contribution in [2.75, 3.05) is 0 Å². The minimum atomic E-state index is -0.330. The van der Waals surface area contributed by atoms with Gasteiger partial charge in [0.25, 0.3) is 0 Å². The first-order valence-corrected chi connectivity index (χ1v) is 4.67. The van der Waals surface area contributed by atoms with E-state index in [1.807, 2.05) is 20.8 Å². The van der Waals surface area contributed by atoms with Crippen molar-refractivity contribution < 1.29 is 9.53 Å². The van der Waals surface area contributed by atoms with Crippen molar-refractivity contribution in [1.82, 2.24) is 0 Å². The first-order valence-electron chi connectivity index (χ1n) is 4.67. The molecule has 0 saturated heterocycles. The van der Waals surface area contributed by atoms with E-state index in [-0.39, 0.29) is 19.0 Å². The largest absolute Gasteiger partial charge is 0.460 e. The van der Waals surface area contributed by atoms with Crippen LogP contribution in [0.4, 0.5) is 0 Å². The fourth-order valence-corrected chi connectivity index (χ4v) is 0.912. The molecule has 0 rings (SSSR count). The minimum Gasteiger partial charge on any atom is -0.460 e. The van der Waals surface area contributed by atoms with E-state index in [1.54, 1.807) is 0 Å². The summed E-state index contributed by atoms with van der Waals surface area (Å²) in [5, 5.41) is 0. The van der Waals surface area contributed by atoms with Gasteiger partial charge in [-0.3, -0.25) is 4.79 Å². The molecule has 0 heterocycles. The molecule has 0 N–H and O–H groups in total. The highest BCUT2D eigenvalue weighted by Crippen LogP contribution is 2.10. The van der Waals surface area contributed by atoms with Gasteiger partial charge >= 0.3 is 5.97 Å². The topological polar surface area (TPSA) is 26.3 Å². The van der Waals surface area contributed by atoms with Gasteiger partial charge in [0.15, 0.2) is 0 Å². The SMILES string of the molecule is C.CCCCCC(=O)OC(C)(C)C. The number of ether oxygens (including phenoxy) is 1. The van der Waals surface area contributed by atoms with Crippen LogP contribution in [0.2, 0.25) is 0 Å². The molecule has 0 spiro atoms. The maximum absolute atomic E-state index is 11.1. The molecule has 2 heteroatoms. The lowest BCUT2D eigenvalue weighted by Gasteiger charge is -2.19. The van der Waals surface area contributed by atoms with Gasteiger partial charge in [0.05, 0.1) is 0 Å². The van der Waals surface area contributed by atoms with Crippen LogP contribution < -0.4 is 0 Å². The molecule has 0 aromatic rings. The van der Waals surface area contributed by atoms with Crippen molar-refractivity contribution in [2.45, 2.75) is 66.4 Å². The van der Waals surface area contributed by atoms with E-state index in [0.717, 1.165) is 19.3 Å². The standard InChI is InChI=1S/C10H20O2.CH4/c1-5-6-7-8-9(11)12-10(2,3)4;/h5-8H2,1-4H3;1H4. The number of unbranched alkanes of at least 4 members (excludes halogenated alkanes) is 2. The van der Waals surface area contributed by atoms with Gasteiger partial charge < -0.3 is 4.74 Å². The normalized spacial score (nSPS) is 10.5. The Hall–Kier alpha value is -0.530. The lowest BCUT2D eigenvalue weighted by molar-refractivity contribution is -0.154. The Balaban J connectivity index is 0. The first-order chi connectivity index (χ1) is 5.45. The fraction of sp³-hybridized carbons (Fsp3) is 0.909. The minimum absolute atomic E-state index is 0. The van der Waals surface area contributed by atoms with Crippen molar-refractivity contribution in [3.05, 3.63) is 0 Å². The van der Waals surface area contributed by atoms with Crippen LogP contribution in [0.1, 0.15) is 60.8 Å². The molecule has 0 bridgehead atoms. The average Bonchev–Trinajstić information content (AvgIpc) is 1.84. The molecule has 0 atom stereocenters. The van der Waals surface area contributed by atoms with E-state index >= 15 is 0 Å². The maximum Gasteiger partial charge on any atom is 0.306 e. The molecule has 0 saturated carbocycles. The van der Waals surface area contributed by atoms with Crippen molar-refractivity contribution in [2.24, 2.45) is 0 Å². The molecule has 0 aliphatic rings. The molecule has 2 nitrogen and oxygen atoms in total. The molecule has 0 aromatic heterocycles. The predicted octanol–water partition coefficient (Wildman–Crippen LogP) is 3.54. The average molecular weight is 188 g/mol. The third kappa shape index (κ3) is 11.5. The van der Waals surface area contributed by atoms with Crippen LogP contribution in [0, 0.1) is 0 Å². The van der Waals surface area contributed by atoms with Gasteiger partial charge in [-0.2, -0.15) is 0 Å². The zero-order chi connectivity index (χ0) is 9.61. The van der Waals surface area contributed by atoms with Gasteiger partial charge in [-0.05, 0) is 27.2 Å². The van der Waals surface area contributed by atoms with Gasteiger partial charge in [-0.1, -0.05) is 27.2 Å². The van der Waals surface area contributed by atoms with Crippen LogP contribution >= 0.6 is 0 Å². The van der Waals surface area contributed by atoms with Gasteiger partial charge in [-0.15, -0.1) is 0 Å². The number of carbonyl (C=O) groups is 1. The second kappa shape index (κ2) is 6.93. The summed E-state index contributed by atoms with van der Waals surface area (Å²) in [6.45, 7) is 7.80. The van der Waals surface area contributed by atoms with Crippen LogP contribution in [-0.4, -0.2) is 11.6 Å². The molecular weight excluding hydrogens is 164 g/mol. The summed E-state index contributed by atoms with van der Waals surface area (Å²) < 4.78 is 5.15. The molecular formula is C11H24O2. The summed E-state index contributed by atoms with van der Waals surface area (Å²) in [6.07, 6.45) is 3.76. The van der Waals surface area contributed by atoms with E-state index in [0.29, 0.717) is 6.42 Å². The van der Waals surface area contributed by atoms with Crippen LogP contribution in [0.25, 0.3) is 0 Å². The van der Waals surface area contributed by atoms with E-state index < -0.39 is 0 Å². The second-order valence-corrected chi connectivity index (χ2v) is 4.04. The summed E-state index contributed by atoms with van der Waals surface area (Å²) >= 11 is 0. The zero-order valence-corrected chi connectivity index (χ0v) is 8.64. The smallest absolute Gasteiger partial charge is 0.306 e. The molecule has 80 valence electrons.